The third-order valence-electron chi connectivity index (χ3n) is 3.82. The van der Waals surface area contributed by atoms with Gasteiger partial charge >= 0.3 is 0 Å². The molecule has 0 atom stereocenters. The molecule has 22 heavy (non-hydrogen) atoms. The predicted octanol–water partition coefficient (Wildman–Crippen LogP) is 2.78. The average molecular weight is 384 g/mol. The lowest BCUT2D eigenvalue weighted by Crippen LogP contribution is -2.48. The van der Waals surface area contributed by atoms with Gasteiger partial charge in [0.1, 0.15) is 5.69 Å². The number of amides is 1. The van der Waals surface area contributed by atoms with Gasteiger partial charge in [-0.3, -0.25) is 14.8 Å². The summed E-state index contributed by atoms with van der Waals surface area (Å²) in [5.41, 5.74) is 1.64. The molecule has 1 N–H and O–H groups in total. The van der Waals surface area contributed by atoms with Crippen molar-refractivity contribution in [3.8, 4) is 0 Å². The van der Waals surface area contributed by atoms with E-state index in [2.05, 4.69) is 31.0 Å². The van der Waals surface area contributed by atoms with Crippen LogP contribution in [0.25, 0.3) is 0 Å². The molecule has 7 heteroatoms. The number of aromatic amines is 1. The Labute approximate surface area is 142 Å². The first kappa shape index (κ1) is 15.5. The van der Waals surface area contributed by atoms with Crippen LogP contribution in [0.5, 0.6) is 0 Å². The standard InChI is InChI=1S/C15H16BrClN4O/c16-12-9-18-19-14(12)15(22)21-7-5-20(6-8-21)10-11-3-1-2-4-13(11)17/h1-4,9H,5-8,10H2,(H,18,19). The number of carbonyl (C=O) groups is 1. The summed E-state index contributed by atoms with van der Waals surface area (Å²) in [5.74, 6) is -0.0123. The van der Waals surface area contributed by atoms with Crippen LogP contribution in [-0.2, 0) is 6.54 Å². The molecule has 1 saturated heterocycles. The van der Waals surface area contributed by atoms with Crippen molar-refractivity contribution < 1.29 is 4.79 Å². The number of benzene rings is 1. The van der Waals surface area contributed by atoms with Crippen LogP contribution in [-0.4, -0.2) is 52.1 Å². The third kappa shape index (κ3) is 3.34. The van der Waals surface area contributed by atoms with Crippen molar-refractivity contribution in [3.63, 3.8) is 0 Å². The van der Waals surface area contributed by atoms with E-state index in [0.717, 1.165) is 30.2 Å². The van der Waals surface area contributed by atoms with Crippen LogP contribution in [0, 0.1) is 0 Å². The maximum atomic E-state index is 12.4. The van der Waals surface area contributed by atoms with E-state index in [9.17, 15) is 4.79 Å². The molecule has 1 aliphatic rings. The van der Waals surface area contributed by atoms with Crippen LogP contribution < -0.4 is 0 Å². The van der Waals surface area contributed by atoms with Crippen molar-refractivity contribution in [1.29, 1.82) is 0 Å². The Morgan fingerprint density at radius 1 is 1.27 bits per heavy atom. The largest absolute Gasteiger partial charge is 0.335 e. The summed E-state index contributed by atoms with van der Waals surface area (Å²) >= 11 is 9.53. The zero-order valence-corrected chi connectivity index (χ0v) is 14.3. The molecule has 1 aromatic heterocycles. The van der Waals surface area contributed by atoms with Gasteiger partial charge in [-0.15, -0.1) is 0 Å². The number of nitrogens with one attached hydrogen (secondary N) is 1. The molecule has 0 unspecified atom stereocenters. The van der Waals surface area contributed by atoms with Gasteiger partial charge in [0.2, 0.25) is 0 Å². The molecule has 5 nitrogen and oxygen atoms in total. The number of hydrogen-bond donors (Lipinski definition) is 1. The molecule has 1 aliphatic heterocycles. The maximum absolute atomic E-state index is 12.4. The molecule has 0 saturated carbocycles. The molecular weight excluding hydrogens is 368 g/mol. The zero-order valence-electron chi connectivity index (χ0n) is 11.9. The van der Waals surface area contributed by atoms with Crippen molar-refractivity contribution in [2.45, 2.75) is 6.54 Å². The van der Waals surface area contributed by atoms with E-state index in [-0.39, 0.29) is 5.91 Å². The van der Waals surface area contributed by atoms with E-state index in [0.29, 0.717) is 23.3 Å². The summed E-state index contributed by atoms with van der Waals surface area (Å²) in [6.45, 7) is 3.89. The van der Waals surface area contributed by atoms with E-state index < -0.39 is 0 Å². The Hall–Kier alpha value is -1.37. The van der Waals surface area contributed by atoms with Crippen molar-refractivity contribution in [3.05, 3.63) is 51.2 Å². The highest BCUT2D eigenvalue weighted by atomic mass is 79.9. The second-order valence-corrected chi connectivity index (χ2v) is 6.51. The molecule has 2 aromatic rings. The molecule has 0 radical (unpaired) electrons. The number of halogens is 2. The fraction of sp³-hybridized carbons (Fsp3) is 0.333. The van der Waals surface area contributed by atoms with E-state index >= 15 is 0 Å². The molecule has 1 fully saturated rings. The van der Waals surface area contributed by atoms with Crippen molar-refractivity contribution in [1.82, 2.24) is 20.0 Å². The topological polar surface area (TPSA) is 52.2 Å². The first-order chi connectivity index (χ1) is 10.6. The number of piperazine rings is 1. The highest BCUT2D eigenvalue weighted by Crippen LogP contribution is 2.19. The third-order valence-corrected chi connectivity index (χ3v) is 4.79. The average Bonchev–Trinajstić information content (AvgIpc) is 2.96. The van der Waals surface area contributed by atoms with Gasteiger partial charge in [0.25, 0.3) is 5.91 Å². The normalized spacial score (nSPS) is 16.0. The van der Waals surface area contributed by atoms with Gasteiger partial charge in [0.15, 0.2) is 0 Å². The van der Waals surface area contributed by atoms with Gasteiger partial charge < -0.3 is 4.90 Å². The second kappa shape index (κ2) is 6.81. The number of H-pyrrole nitrogens is 1. The van der Waals surface area contributed by atoms with E-state index in [1.165, 1.54) is 0 Å². The lowest BCUT2D eigenvalue weighted by atomic mass is 10.2. The smallest absolute Gasteiger partial charge is 0.273 e. The molecule has 0 spiro atoms. The van der Waals surface area contributed by atoms with Gasteiger partial charge in [0.05, 0.1) is 10.7 Å². The molecule has 3 rings (SSSR count). The highest BCUT2D eigenvalue weighted by molar-refractivity contribution is 9.10. The number of rotatable bonds is 3. The molecule has 0 aliphatic carbocycles. The molecule has 116 valence electrons. The van der Waals surface area contributed by atoms with Crippen LogP contribution in [0.4, 0.5) is 0 Å². The Morgan fingerprint density at radius 2 is 2.00 bits per heavy atom. The second-order valence-electron chi connectivity index (χ2n) is 5.25. The first-order valence-electron chi connectivity index (χ1n) is 7.09. The summed E-state index contributed by atoms with van der Waals surface area (Å²) < 4.78 is 0.705. The van der Waals surface area contributed by atoms with Crippen molar-refractivity contribution in [2.75, 3.05) is 26.2 Å². The Balaban J connectivity index is 1.58. The summed E-state index contributed by atoms with van der Waals surface area (Å²) in [4.78, 5) is 16.5. The van der Waals surface area contributed by atoms with Crippen molar-refractivity contribution in [2.24, 2.45) is 0 Å². The summed E-state index contributed by atoms with van der Waals surface area (Å²) in [5, 5.41) is 7.41. The van der Waals surface area contributed by atoms with Gasteiger partial charge in [-0.2, -0.15) is 5.10 Å². The molecule has 1 aromatic carbocycles. The van der Waals surface area contributed by atoms with Crippen molar-refractivity contribution >= 4 is 33.4 Å². The predicted molar refractivity (Wildman–Crippen MR) is 88.9 cm³/mol. The molecule has 2 heterocycles. The van der Waals surface area contributed by atoms with E-state index in [1.54, 1.807) is 6.20 Å². The Bertz CT molecular complexity index is 667. The maximum Gasteiger partial charge on any atom is 0.273 e. The van der Waals surface area contributed by atoms with Gasteiger partial charge in [-0.05, 0) is 27.6 Å². The quantitative estimate of drug-likeness (QED) is 0.887. The molecule has 0 bridgehead atoms. The SMILES string of the molecule is O=C(c1[nH]ncc1Br)N1CCN(Cc2ccccc2Cl)CC1. The van der Waals surface area contributed by atoms with Crippen LogP contribution >= 0.6 is 27.5 Å². The fourth-order valence-electron chi connectivity index (χ4n) is 2.56. The molecule has 1 amide bonds. The first-order valence-corrected chi connectivity index (χ1v) is 8.26. The number of nitrogens with zero attached hydrogens (tertiary/aromatic N) is 3. The minimum absolute atomic E-state index is 0.0123. The van der Waals surface area contributed by atoms with Crippen LogP contribution in [0.3, 0.4) is 0 Å². The minimum Gasteiger partial charge on any atom is -0.335 e. The number of carbonyl (C=O) groups excluding carboxylic acids is 1. The Morgan fingerprint density at radius 3 is 2.64 bits per heavy atom. The van der Waals surface area contributed by atoms with Crippen LogP contribution in [0.1, 0.15) is 16.1 Å². The summed E-state index contributed by atoms with van der Waals surface area (Å²) in [6.07, 6.45) is 1.60. The van der Waals surface area contributed by atoms with E-state index in [1.807, 2.05) is 29.2 Å². The fourth-order valence-corrected chi connectivity index (χ4v) is 3.11. The number of aromatic nitrogens is 2. The van der Waals surface area contributed by atoms with Gasteiger partial charge in [0, 0.05) is 37.7 Å². The van der Waals surface area contributed by atoms with E-state index in [4.69, 9.17) is 11.6 Å². The van der Waals surface area contributed by atoms with Crippen LogP contribution in [0.2, 0.25) is 5.02 Å². The lowest BCUT2D eigenvalue weighted by Gasteiger charge is -2.34. The monoisotopic (exact) mass is 382 g/mol. The van der Waals surface area contributed by atoms with Crippen LogP contribution in [0.15, 0.2) is 34.9 Å². The highest BCUT2D eigenvalue weighted by Gasteiger charge is 2.24. The van der Waals surface area contributed by atoms with Gasteiger partial charge in [-0.25, -0.2) is 0 Å². The summed E-state index contributed by atoms with van der Waals surface area (Å²) in [7, 11) is 0. The van der Waals surface area contributed by atoms with Gasteiger partial charge in [-0.1, -0.05) is 29.8 Å². The number of hydrogen-bond acceptors (Lipinski definition) is 3. The molecular formula is C15H16BrClN4O. The zero-order chi connectivity index (χ0) is 15.5. The minimum atomic E-state index is -0.0123. The lowest BCUT2D eigenvalue weighted by molar-refractivity contribution is 0.0622. The summed E-state index contributed by atoms with van der Waals surface area (Å²) in [6, 6.07) is 7.88. The Kier molecular flexibility index (Phi) is 4.81.